The van der Waals surface area contributed by atoms with Crippen LogP contribution < -0.4 is 14.8 Å². The van der Waals surface area contributed by atoms with Crippen molar-refractivity contribution in [2.45, 2.75) is 31.6 Å². The number of carbonyl (C=O) groups excluding carboxylic acids is 2. The second-order valence-electron chi connectivity index (χ2n) is 7.64. The Morgan fingerprint density at radius 2 is 1.75 bits per heavy atom. The van der Waals surface area contributed by atoms with E-state index in [1.165, 1.54) is 12.1 Å². The monoisotopic (exact) mass is 468 g/mol. The van der Waals surface area contributed by atoms with E-state index >= 15 is 0 Å². The number of nitrogens with zero attached hydrogens (tertiary/aromatic N) is 1. The third-order valence-corrected chi connectivity index (χ3v) is 5.39. The van der Waals surface area contributed by atoms with Crippen LogP contribution in [0.5, 0.6) is 11.5 Å². The Bertz CT molecular complexity index is 1020. The van der Waals surface area contributed by atoms with Crippen LogP contribution in [0, 0.1) is 0 Å². The molecule has 2 aliphatic rings. The van der Waals surface area contributed by atoms with Crippen LogP contribution in [-0.4, -0.2) is 48.7 Å². The summed E-state index contributed by atoms with van der Waals surface area (Å²) in [4.78, 5) is 26.8. The summed E-state index contributed by atoms with van der Waals surface area (Å²) < 4.78 is 47.9. The largest absolute Gasteiger partial charge is 0.486 e. The average Bonchev–Trinajstić information content (AvgIpc) is 3.60. The van der Waals surface area contributed by atoms with Crippen LogP contribution in [0.25, 0.3) is 0 Å². The van der Waals surface area contributed by atoms with Crippen molar-refractivity contribution >= 4 is 23.4 Å². The first-order valence-electron chi connectivity index (χ1n) is 10.1. The molecule has 0 saturated heterocycles. The van der Waals surface area contributed by atoms with Crippen molar-refractivity contribution in [1.29, 1.82) is 0 Å². The maximum absolute atomic E-state index is 13.2. The molecule has 1 fully saturated rings. The molecule has 4 rings (SSSR count). The lowest BCUT2D eigenvalue weighted by atomic mass is 10.1. The number of fused-ring (bicyclic) bond motifs is 1. The smallest absolute Gasteiger partial charge is 0.405 e. The number of amides is 2. The van der Waals surface area contributed by atoms with E-state index in [2.05, 4.69) is 0 Å². The summed E-state index contributed by atoms with van der Waals surface area (Å²) >= 11 is 6.27. The standard InChI is InChI=1S/C22H20ClF3N2O4/c23-17-9-15(10-18-19(17)32-8-7-31-18)21(30)28(16-5-6-16)11-13-1-3-14(4-2-13)20(29)27-12-22(24,25)26/h1-4,9-10,16H,5-8,11-12H2,(H,27,29). The van der Waals surface area contributed by atoms with E-state index in [4.69, 9.17) is 21.1 Å². The van der Waals surface area contributed by atoms with E-state index in [-0.39, 0.29) is 17.5 Å². The third-order valence-electron chi connectivity index (χ3n) is 5.11. The molecule has 1 saturated carbocycles. The molecule has 1 N–H and O–H groups in total. The molecule has 0 unspecified atom stereocenters. The van der Waals surface area contributed by atoms with Gasteiger partial charge in [0, 0.05) is 23.7 Å². The molecule has 0 atom stereocenters. The number of ether oxygens (including phenoxy) is 2. The lowest BCUT2D eigenvalue weighted by molar-refractivity contribution is -0.123. The van der Waals surface area contributed by atoms with Gasteiger partial charge in [0.05, 0.1) is 5.02 Å². The third kappa shape index (κ3) is 5.27. The Morgan fingerprint density at radius 1 is 1.06 bits per heavy atom. The van der Waals surface area contributed by atoms with Gasteiger partial charge in [0.25, 0.3) is 11.8 Å². The minimum atomic E-state index is -4.47. The average molecular weight is 469 g/mol. The fraction of sp³-hybridized carbons (Fsp3) is 0.364. The molecule has 0 aromatic heterocycles. The summed E-state index contributed by atoms with van der Waals surface area (Å²) in [6.45, 7) is -0.343. The lowest BCUT2D eigenvalue weighted by Crippen LogP contribution is -2.34. The summed E-state index contributed by atoms with van der Waals surface area (Å²) in [6.07, 6.45) is -2.72. The number of alkyl halides is 3. The zero-order valence-electron chi connectivity index (χ0n) is 16.9. The maximum atomic E-state index is 13.2. The number of nitrogens with one attached hydrogen (secondary N) is 1. The first-order chi connectivity index (χ1) is 15.2. The van der Waals surface area contributed by atoms with Crippen molar-refractivity contribution in [1.82, 2.24) is 10.2 Å². The Morgan fingerprint density at radius 3 is 2.41 bits per heavy atom. The molecule has 2 aromatic rings. The van der Waals surface area contributed by atoms with Gasteiger partial charge in [-0.15, -0.1) is 0 Å². The summed E-state index contributed by atoms with van der Waals surface area (Å²) in [5.74, 6) is -0.169. The van der Waals surface area contributed by atoms with Crippen LogP contribution in [0.3, 0.4) is 0 Å². The Labute approximate surface area is 187 Å². The van der Waals surface area contributed by atoms with E-state index in [1.807, 2.05) is 5.32 Å². The van der Waals surface area contributed by atoms with Crippen molar-refractivity contribution < 1.29 is 32.2 Å². The predicted octanol–water partition coefficient (Wildman–Crippen LogP) is 4.21. The van der Waals surface area contributed by atoms with E-state index in [0.29, 0.717) is 41.8 Å². The number of hydrogen-bond acceptors (Lipinski definition) is 4. The Kier molecular flexibility index (Phi) is 6.19. The molecule has 1 heterocycles. The fourth-order valence-corrected chi connectivity index (χ4v) is 3.66. The number of rotatable bonds is 6. The molecule has 0 radical (unpaired) electrons. The topological polar surface area (TPSA) is 67.9 Å². The number of hydrogen-bond donors (Lipinski definition) is 1. The highest BCUT2D eigenvalue weighted by Gasteiger charge is 2.34. The zero-order valence-corrected chi connectivity index (χ0v) is 17.6. The van der Waals surface area contributed by atoms with Crippen LogP contribution in [0.15, 0.2) is 36.4 Å². The van der Waals surface area contributed by atoms with Crippen molar-refractivity contribution in [3.05, 3.63) is 58.1 Å². The highest BCUT2D eigenvalue weighted by Crippen LogP contribution is 2.39. The molecule has 2 amide bonds. The van der Waals surface area contributed by atoms with E-state index in [1.54, 1.807) is 29.2 Å². The van der Waals surface area contributed by atoms with Crippen molar-refractivity contribution in [3.63, 3.8) is 0 Å². The molecule has 32 heavy (non-hydrogen) atoms. The van der Waals surface area contributed by atoms with Crippen LogP contribution in [0.4, 0.5) is 13.2 Å². The van der Waals surface area contributed by atoms with Gasteiger partial charge >= 0.3 is 6.18 Å². The molecule has 0 bridgehead atoms. The lowest BCUT2D eigenvalue weighted by Gasteiger charge is -2.25. The second kappa shape index (κ2) is 8.90. The summed E-state index contributed by atoms with van der Waals surface area (Å²) in [7, 11) is 0. The van der Waals surface area contributed by atoms with Gasteiger partial charge in [-0.3, -0.25) is 9.59 Å². The molecule has 6 nitrogen and oxygen atoms in total. The minimum Gasteiger partial charge on any atom is -0.486 e. The first-order valence-corrected chi connectivity index (χ1v) is 10.4. The van der Waals surface area contributed by atoms with Gasteiger partial charge in [-0.2, -0.15) is 13.2 Å². The van der Waals surface area contributed by atoms with E-state index in [9.17, 15) is 22.8 Å². The van der Waals surface area contributed by atoms with Crippen molar-refractivity contribution in [2.24, 2.45) is 0 Å². The zero-order chi connectivity index (χ0) is 22.9. The quantitative estimate of drug-likeness (QED) is 0.689. The summed E-state index contributed by atoms with van der Waals surface area (Å²) in [5, 5.41) is 2.14. The van der Waals surface area contributed by atoms with Crippen LogP contribution >= 0.6 is 11.6 Å². The van der Waals surface area contributed by atoms with Crippen molar-refractivity contribution in [2.75, 3.05) is 19.8 Å². The van der Waals surface area contributed by atoms with Gasteiger partial charge in [-0.05, 0) is 42.7 Å². The Hall–Kier alpha value is -2.94. The fourth-order valence-electron chi connectivity index (χ4n) is 3.39. The Balaban J connectivity index is 1.47. The molecule has 1 aliphatic heterocycles. The molecular formula is C22H20ClF3N2O4. The van der Waals surface area contributed by atoms with Gasteiger partial charge in [0.2, 0.25) is 0 Å². The molecule has 10 heteroatoms. The van der Waals surface area contributed by atoms with Gasteiger partial charge in [0.1, 0.15) is 19.8 Å². The van der Waals surface area contributed by atoms with Crippen LogP contribution in [-0.2, 0) is 6.54 Å². The molecule has 0 spiro atoms. The van der Waals surface area contributed by atoms with Crippen molar-refractivity contribution in [3.8, 4) is 11.5 Å². The van der Waals surface area contributed by atoms with Gasteiger partial charge in [-0.25, -0.2) is 0 Å². The first kappa shape index (κ1) is 22.3. The highest BCUT2D eigenvalue weighted by atomic mass is 35.5. The minimum absolute atomic E-state index is 0.0873. The maximum Gasteiger partial charge on any atom is 0.405 e. The molecular weight excluding hydrogens is 449 g/mol. The van der Waals surface area contributed by atoms with Gasteiger partial charge < -0.3 is 19.7 Å². The van der Waals surface area contributed by atoms with Gasteiger partial charge in [0.15, 0.2) is 11.5 Å². The summed E-state index contributed by atoms with van der Waals surface area (Å²) in [6, 6.07) is 9.40. The van der Waals surface area contributed by atoms with Crippen LogP contribution in [0.1, 0.15) is 39.1 Å². The summed E-state index contributed by atoms with van der Waals surface area (Å²) in [5.41, 5.74) is 1.25. The normalized spacial score (nSPS) is 15.2. The molecule has 170 valence electrons. The SMILES string of the molecule is O=C(NCC(F)(F)F)c1ccc(CN(C(=O)c2cc(Cl)c3c(c2)OCCO3)C2CC2)cc1. The van der Waals surface area contributed by atoms with Crippen LogP contribution in [0.2, 0.25) is 5.02 Å². The molecule has 2 aromatic carbocycles. The van der Waals surface area contributed by atoms with Gasteiger partial charge in [-0.1, -0.05) is 23.7 Å². The second-order valence-corrected chi connectivity index (χ2v) is 8.05. The van der Waals surface area contributed by atoms with E-state index in [0.717, 1.165) is 18.4 Å². The number of carbonyl (C=O) groups is 2. The number of halogens is 4. The predicted molar refractivity (Wildman–Crippen MR) is 110 cm³/mol. The van der Waals surface area contributed by atoms with E-state index < -0.39 is 18.6 Å². The molecule has 1 aliphatic carbocycles. The highest BCUT2D eigenvalue weighted by molar-refractivity contribution is 6.32. The number of benzene rings is 2.